The highest BCUT2D eigenvalue weighted by Crippen LogP contribution is 2.26. The topological polar surface area (TPSA) is 107 Å². The van der Waals surface area contributed by atoms with Gasteiger partial charge in [0.2, 0.25) is 16.0 Å². The molecular formula is C17H16F2N4O3S. The molecule has 1 heterocycles. The van der Waals surface area contributed by atoms with Crippen LogP contribution < -0.4 is 11.1 Å². The van der Waals surface area contributed by atoms with Crippen LogP contribution >= 0.6 is 0 Å². The van der Waals surface area contributed by atoms with Crippen molar-refractivity contribution in [2.45, 2.75) is 19.1 Å². The number of benzene rings is 2. The van der Waals surface area contributed by atoms with Crippen molar-refractivity contribution in [1.82, 2.24) is 8.96 Å². The molecule has 0 spiro atoms. The second-order valence-corrected chi connectivity index (χ2v) is 8.42. The lowest BCUT2D eigenvalue weighted by Crippen LogP contribution is -2.23. The summed E-state index contributed by atoms with van der Waals surface area (Å²) >= 11 is 0. The third-order valence-corrected chi connectivity index (χ3v) is 6.02. The average Bonchev–Trinajstić information content (AvgIpc) is 2.90. The minimum absolute atomic E-state index is 0.134. The van der Waals surface area contributed by atoms with Gasteiger partial charge in [-0.15, -0.1) is 0 Å². The number of hydrogen-bond donors (Lipinski definition) is 2. The summed E-state index contributed by atoms with van der Waals surface area (Å²) in [6.07, 6.45) is 0. The molecule has 0 aliphatic heterocycles. The molecule has 0 saturated carbocycles. The van der Waals surface area contributed by atoms with Gasteiger partial charge in [0, 0.05) is 5.69 Å². The van der Waals surface area contributed by atoms with E-state index in [1.165, 1.54) is 32.0 Å². The Balaban J connectivity index is 2.06. The fraction of sp³-hybridized carbons (Fsp3) is 0.176. The number of aromatic nitrogens is 2. The number of fused-ring (bicyclic) bond motifs is 1. The van der Waals surface area contributed by atoms with Crippen LogP contribution in [-0.4, -0.2) is 28.5 Å². The normalized spacial score (nSPS) is 11.9. The van der Waals surface area contributed by atoms with E-state index in [-0.39, 0.29) is 17.2 Å². The summed E-state index contributed by atoms with van der Waals surface area (Å²) in [5.74, 6) is -3.24. The Morgan fingerprint density at radius 2 is 1.81 bits per heavy atom. The standard InChI is InChI=1S/C17H16F2N4O3S/c1-9(2)27(25,26)23-14-8-10(6-7-13(14)22-17(23)20)21-16(24)15-11(18)4-3-5-12(15)19/h3-9H,1-2H3,(H2,20,22)(H,21,24). The number of carbonyl (C=O) groups excluding carboxylic acids is 1. The third kappa shape index (κ3) is 3.23. The summed E-state index contributed by atoms with van der Waals surface area (Å²) in [5.41, 5.74) is 5.59. The molecule has 0 unspecified atom stereocenters. The third-order valence-electron chi connectivity index (χ3n) is 3.94. The van der Waals surface area contributed by atoms with Crippen molar-refractivity contribution in [3.63, 3.8) is 0 Å². The van der Waals surface area contributed by atoms with Crippen molar-refractivity contribution in [2.75, 3.05) is 11.1 Å². The zero-order valence-corrected chi connectivity index (χ0v) is 15.2. The zero-order chi connectivity index (χ0) is 19.9. The zero-order valence-electron chi connectivity index (χ0n) is 14.4. The molecule has 0 aliphatic rings. The average molecular weight is 394 g/mol. The number of nitrogens with two attached hydrogens (primary N) is 1. The smallest absolute Gasteiger partial charge is 0.261 e. The van der Waals surface area contributed by atoms with Crippen LogP contribution in [-0.2, 0) is 10.0 Å². The Labute approximate surface area is 153 Å². The minimum atomic E-state index is -3.81. The molecule has 0 atom stereocenters. The predicted molar refractivity (Wildman–Crippen MR) is 97.9 cm³/mol. The van der Waals surface area contributed by atoms with Gasteiger partial charge in [-0.3, -0.25) is 4.79 Å². The van der Waals surface area contributed by atoms with E-state index in [4.69, 9.17) is 5.73 Å². The van der Waals surface area contributed by atoms with Gasteiger partial charge in [-0.2, -0.15) is 0 Å². The fourth-order valence-electron chi connectivity index (χ4n) is 2.54. The van der Waals surface area contributed by atoms with Gasteiger partial charge in [-0.05, 0) is 44.2 Å². The summed E-state index contributed by atoms with van der Waals surface area (Å²) in [6, 6.07) is 7.28. The number of imidazole rings is 1. The van der Waals surface area contributed by atoms with E-state index in [2.05, 4.69) is 10.3 Å². The molecule has 0 bridgehead atoms. The number of nitrogens with one attached hydrogen (secondary N) is 1. The van der Waals surface area contributed by atoms with Crippen molar-refractivity contribution in [3.05, 3.63) is 53.6 Å². The van der Waals surface area contributed by atoms with Gasteiger partial charge >= 0.3 is 0 Å². The van der Waals surface area contributed by atoms with Crippen molar-refractivity contribution in [2.24, 2.45) is 0 Å². The number of amides is 1. The Kier molecular flexibility index (Phi) is 4.60. The fourth-order valence-corrected chi connectivity index (χ4v) is 3.68. The summed E-state index contributed by atoms with van der Waals surface area (Å²) in [7, 11) is -3.81. The van der Waals surface area contributed by atoms with Crippen LogP contribution in [0.2, 0.25) is 0 Å². The molecule has 1 aromatic heterocycles. The Hall–Kier alpha value is -3.01. The molecule has 3 rings (SSSR count). The van der Waals surface area contributed by atoms with E-state index >= 15 is 0 Å². The van der Waals surface area contributed by atoms with Gasteiger partial charge in [0.05, 0.1) is 16.3 Å². The van der Waals surface area contributed by atoms with E-state index in [1.807, 2.05) is 0 Å². The predicted octanol–water partition coefficient (Wildman–Crippen LogP) is 2.74. The SMILES string of the molecule is CC(C)S(=O)(=O)n1c(N)nc2ccc(NC(=O)c3c(F)cccc3F)cc21. The van der Waals surface area contributed by atoms with Gasteiger partial charge in [-0.1, -0.05) is 6.07 Å². The molecule has 142 valence electrons. The van der Waals surface area contributed by atoms with E-state index in [1.54, 1.807) is 0 Å². The summed E-state index contributed by atoms with van der Waals surface area (Å²) < 4.78 is 53.5. The first-order valence-corrected chi connectivity index (χ1v) is 9.41. The molecule has 2 aromatic carbocycles. The lowest BCUT2D eigenvalue weighted by atomic mass is 10.1. The van der Waals surface area contributed by atoms with Crippen LogP contribution in [0.5, 0.6) is 0 Å². The van der Waals surface area contributed by atoms with E-state index in [0.29, 0.717) is 5.52 Å². The number of anilines is 2. The first kappa shape index (κ1) is 18.8. The van der Waals surface area contributed by atoms with Crippen LogP contribution in [0.4, 0.5) is 20.4 Å². The first-order valence-electron chi connectivity index (χ1n) is 7.90. The van der Waals surface area contributed by atoms with Crippen LogP contribution in [0.1, 0.15) is 24.2 Å². The van der Waals surface area contributed by atoms with Crippen molar-refractivity contribution >= 4 is 38.6 Å². The van der Waals surface area contributed by atoms with Gasteiger partial charge in [0.1, 0.15) is 17.2 Å². The van der Waals surface area contributed by atoms with Crippen molar-refractivity contribution in [3.8, 4) is 0 Å². The molecule has 0 saturated heterocycles. The maximum absolute atomic E-state index is 13.8. The molecule has 3 aromatic rings. The van der Waals surface area contributed by atoms with Crippen LogP contribution in [0.15, 0.2) is 36.4 Å². The number of carbonyl (C=O) groups is 1. The molecular weight excluding hydrogens is 378 g/mol. The van der Waals surface area contributed by atoms with Crippen molar-refractivity contribution in [1.29, 1.82) is 0 Å². The van der Waals surface area contributed by atoms with Crippen LogP contribution in [0, 0.1) is 11.6 Å². The second-order valence-electron chi connectivity index (χ2n) is 6.08. The van der Waals surface area contributed by atoms with E-state index in [0.717, 1.165) is 22.2 Å². The Bertz CT molecular complexity index is 1140. The molecule has 0 aliphatic carbocycles. The van der Waals surface area contributed by atoms with Gasteiger partial charge < -0.3 is 11.1 Å². The monoisotopic (exact) mass is 394 g/mol. The molecule has 0 radical (unpaired) electrons. The maximum atomic E-state index is 13.8. The Morgan fingerprint density at radius 3 is 2.41 bits per heavy atom. The summed E-state index contributed by atoms with van der Waals surface area (Å²) in [5, 5.41) is 1.59. The molecule has 3 N–H and O–H groups in total. The maximum Gasteiger partial charge on any atom is 0.261 e. The molecule has 0 fully saturated rings. The highest BCUT2D eigenvalue weighted by molar-refractivity contribution is 7.90. The van der Waals surface area contributed by atoms with Crippen molar-refractivity contribution < 1.29 is 22.0 Å². The number of nitrogens with zero attached hydrogens (tertiary/aromatic N) is 2. The Morgan fingerprint density at radius 1 is 1.19 bits per heavy atom. The van der Waals surface area contributed by atoms with Crippen LogP contribution in [0.3, 0.4) is 0 Å². The van der Waals surface area contributed by atoms with E-state index in [9.17, 15) is 22.0 Å². The number of nitrogen functional groups attached to an aromatic ring is 1. The largest absolute Gasteiger partial charge is 0.368 e. The van der Waals surface area contributed by atoms with E-state index < -0.39 is 38.4 Å². The van der Waals surface area contributed by atoms with Gasteiger partial charge in [-0.25, -0.2) is 26.2 Å². The highest BCUT2D eigenvalue weighted by Gasteiger charge is 2.25. The highest BCUT2D eigenvalue weighted by atomic mass is 32.2. The summed E-state index contributed by atoms with van der Waals surface area (Å²) in [6.45, 7) is 2.99. The minimum Gasteiger partial charge on any atom is -0.368 e. The quantitative estimate of drug-likeness (QED) is 0.708. The number of halogens is 2. The molecule has 10 heteroatoms. The lowest BCUT2D eigenvalue weighted by Gasteiger charge is -2.12. The van der Waals surface area contributed by atoms with Gasteiger partial charge in [0.25, 0.3) is 5.91 Å². The molecule has 7 nitrogen and oxygen atoms in total. The number of rotatable bonds is 4. The molecule has 1 amide bonds. The lowest BCUT2D eigenvalue weighted by molar-refractivity contribution is 0.101. The summed E-state index contributed by atoms with van der Waals surface area (Å²) in [4.78, 5) is 16.2. The molecule has 27 heavy (non-hydrogen) atoms. The first-order chi connectivity index (χ1) is 12.6. The van der Waals surface area contributed by atoms with Crippen LogP contribution in [0.25, 0.3) is 11.0 Å². The van der Waals surface area contributed by atoms with Gasteiger partial charge in [0.15, 0.2) is 0 Å². The second kappa shape index (κ2) is 6.62. The number of hydrogen-bond acceptors (Lipinski definition) is 5.